The number of unbranched alkanes of at least 4 members (excludes halogenated alkanes) is 2. The molecule has 0 spiro atoms. The van der Waals surface area contributed by atoms with Crippen molar-refractivity contribution >= 4 is 21.7 Å². The van der Waals surface area contributed by atoms with Gasteiger partial charge in [-0.3, -0.25) is 0 Å². The van der Waals surface area contributed by atoms with Crippen LogP contribution in [0, 0.1) is 0 Å². The molecular formula is C16H26N2O5S. The van der Waals surface area contributed by atoms with Crippen LogP contribution in [-0.4, -0.2) is 39.7 Å². The maximum absolute atomic E-state index is 11.9. The number of carboxylic acid groups (broad SMARTS) is 1. The monoisotopic (exact) mass is 358 g/mol. The van der Waals surface area contributed by atoms with Gasteiger partial charge in [0.25, 0.3) is 0 Å². The molecule has 0 heterocycles. The van der Waals surface area contributed by atoms with Crippen molar-refractivity contribution in [1.29, 1.82) is 0 Å². The van der Waals surface area contributed by atoms with E-state index in [1.165, 1.54) is 13.2 Å². The normalized spacial score (nSPS) is 11.3. The van der Waals surface area contributed by atoms with Gasteiger partial charge < -0.3 is 14.7 Å². The number of nitrogens with zero attached hydrogens (tertiary/aromatic N) is 1. The minimum atomic E-state index is -4.11. The number of sulfonamides is 1. The molecule has 0 saturated heterocycles. The first kappa shape index (κ1) is 20.2. The van der Waals surface area contributed by atoms with Crippen LogP contribution in [-0.2, 0) is 10.0 Å². The minimum Gasteiger partial charge on any atom is -0.493 e. The lowest BCUT2D eigenvalue weighted by Crippen LogP contribution is -2.27. The van der Waals surface area contributed by atoms with Crippen molar-refractivity contribution < 1.29 is 23.1 Å². The molecule has 8 heteroatoms. The predicted molar refractivity (Wildman–Crippen MR) is 93.4 cm³/mol. The quantitative estimate of drug-likeness (QED) is 0.665. The molecule has 1 aromatic rings. The minimum absolute atomic E-state index is 0.0923. The molecule has 24 heavy (non-hydrogen) atoms. The lowest BCUT2D eigenvalue weighted by Gasteiger charge is -2.27. The highest BCUT2D eigenvalue weighted by atomic mass is 32.2. The zero-order valence-corrected chi connectivity index (χ0v) is 15.2. The third-order valence-electron chi connectivity index (χ3n) is 3.70. The number of hydrogen-bond donors (Lipinski definition) is 2. The number of ether oxygens (including phenoxy) is 1. The fraction of sp³-hybridized carbons (Fsp3) is 0.562. The standard InChI is InChI=1S/C16H26N2O5S/c1-4-6-8-18(9-7-5-2)13-10-12(16(19)20)11-14(15(13)23-3)24(17,21)22/h10-11H,4-9H2,1-3H3,(H,19,20)(H2,17,21,22). The molecule has 7 nitrogen and oxygen atoms in total. The Balaban J connectivity index is 3.55. The van der Waals surface area contributed by atoms with Gasteiger partial charge in [-0.15, -0.1) is 0 Å². The second-order valence-corrected chi connectivity index (χ2v) is 7.10. The molecule has 0 aliphatic rings. The molecule has 1 rings (SSSR count). The molecule has 0 aliphatic heterocycles. The van der Waals surface area contributed by atoms with Crippen LogP contribution in [0.25, 0.3) is 0 Å². The Hall–Kier alpha value is -1.80. The zero-order chi connectivity index (χ0) is 18.3. The van der Waals surface area contributed by atoms with Crippen LogP contribution in [0.3, 0.4) is 0 Å². The van der Waals surface area contributed by atoms with Gasteiger partial charge in [-0.05, 0) is 25.0 Å². The van der Waals surface area contributed by atoms with Crippen molar-refractivity contribution in [3.63, 3.8) is 0 Å². The van der Waals surface area contributed by atoms with Gasteiger partial charge in [0.05, 0.1) is 18.4 Å². The van der Waals surface area contributed by atoms with Crippen LogP contribution in [0.2, 0.25) is 0 Å². The van der Waals surface area contributed by atoms with E-state index in [0.29, 0.717) is 18.8 Å². The van der Waals surface area contributed by atoms with Crippen LogP contribution in [0.1, 0.15) is 49.9 Å². The summed E-state index contributed by atoms with van der Waals surface area (Å²) in [5.41, 5.74) is 0.316. The number of aromatic carboxylic acids is 1. The Morgan fingerprint density at radius 1 is 1.21 bits per heavy atom. The van der Waals surface area contributed by atoms with E-state index in [1.807, 2.05) is 4.90 Å². The van der Waals surface area contributed by atoms with E-state index in [1.54, 1.807) is 0 Å². The van der Waals surface area contributed by atoms with E-state index in [-0.39, 0.29) is 16.2 Å². The molecule has 136 valence electrons. The lowest BCUT2D eigenvalue weighted by atomic mass is 10.1. The summed E-state index contributed by atoms with van der Waals surface area (Å²) >= 11 is 0. The van der Waals surface area contributed by atoms with E-state index in [0.717, 1.165) is 31.7 Å². The van der Waals surface area contributed by atoms with Gasteiger partial charge in [0.1, 0.15) is 4.90 Å². The highest BCUT2D eigenvalue weighted by Crippen LogP contribution is 2.36. The number of methoxy groups -OCH3 is 1. The van der Waals surface area contributed by atoms with E-state index in [2.05, 4.69) is 13.8 Å². The third-order valence-corrected chi connectivity index (χ3v) is 4.61. The number of primary sulfonamides is 1. The average Bonchev–Trinajstić information content (AvgIpc) is 2.52. The van der Waals surface area contributed by atoms with Gasteiger partial charge in [0.2, 0.25) is 10.0 Å². The van der Waals surface area contributed by atoms with Crippen LogP contribution >= 0.6 is 0 Å². The van der Waals surface area contributed by atoms with Gasteiger partial charge in [-0.25, -0.2) is 18.4 Å². The summed E-state index contributed by atoms with van der Waals surface area (Å²) in [6.45, 7) is 5.47. The van der Waals surface area contributed by atoms with Crippen molar-refractivity contribution in [3.8, 4) is 5.75 Å². The van der Waals surface area contributed by atoms with Crippen LogP contribution < -0.4 is 14.8 Å². The highest BCUT2D eigenvalue weighted by molar-refractivity contribution is 7.89. The maximum atomic E-state index is 11.9. The first-order chi connectivity index (χ1) is 11.3. The molecule has 0 bridgehead atoms. The summed E-state index contributed by atoms with van der Waals surface area (Å²) in [5, 5.41) is 14.6. The van der Waals surface area contributed by atoms with E-state index >= 15 is 0 Å². The molecule has 0 atom stereocenters. The van der Waals surface area contributed by atoms with Gasteiger partial charge >= 0.3 is 5.97 Å². The highest BCUT2D eigenvalue weighted by Gasteiger charge is 2.24. The van der Waals surface area contributed by atoms with E-state index in [9.17, 15) is 18.3 Å². The average molecular weight is 358 g/mol. The molecule has 0 fully saturated rings. The smallest absolute Gasteiger partial charge is 0.335 e. The van der Waals surface area contributed by atoms with Crippen molar-refractivity contribution in [2.24, 2.45) is 5.14 Å². The van der Waals surface area contributed by atoms with Crippen molar-refractivity contribution in [3.05, 3.63) is 17.7 Å². The number of carboxylic acids is 1. The number of benzene rings is 1. The van der Waals surface area contributed by atoms with Crippen molar-refractivity contribution in [2.75, 3.05) is 25.1 Å². The predicted octanol–water partition coefficient (Wildman–Crippen LogP) is 2.45. The number of hydrogen-bond acceptors (Lipinski definition) is 5. The van der Waals surface area contributed by atoms with Gasteiger partial charge in [-0.2, -0.15) is 0 Å². The third kappa shape index (κ3) is 5.10. The fourth-order valence-electron chi connectivity index (χ4n) is 2.41. The largest absolute Gasteiger partial charge is 0.493 e. The summed E-state index contributed by atoms with van der Waals surface area (Å²) in [7, 11) is -2.76. The topological polar surface area (TPSA) is 110 Å². The molecular weight excluding hydrogens is 332 g/mol. The molecule has 0 amide bonds. The van der Waals surface area contributed by atoms with E-state index < -0.39 is 16.0 Å². The molecule has 1 aromatic carbocycles. The molecule has 3 N–H and O–H groups in total. The molecule has 0 radical (unpaired) electrons. The van der Waals surface area contributed by atoms with Crippen LogP contribution in [0.5, 0.6) is 5.75 Å². The first-order valence-electron chi connectivity index (χ1n) is 7.99. The van der Waals surface area contributed by atoms with E-state index in [4.69, 9.17) is 9.88 Å². The Labute approximate surface area is 143 Å². The van der Waals surface area contributed by atoms with Gasteiger partial charge in [0.15, 0.2) is 5.75 Å². The zero-order valence-electron chi connectivity index (χ0n) is 14.4. The Bertz CT molecular complexity index is 665. The number of carbonyl (C=O) groups is 1. The molecule has 0 aromatic heterocycles. The summed E-state index contributed by atoms with van der Waals surface area (Å²) in [6, 6.07) is 2.49. The Kier molecular flexibility index (Phi) is 7.50. The molecule has 0 aliphatic carbocycles. The Morgan fingerprint density at radius 2 is 1.75 bits per heavy atom. The summed E-state index contributed by atoms with van der Waals surface area (Å²) < 4.78 is 29.0. The van der Waals surface area contributed by atoms with Crippen LogP contribution in [0.4, 0.5) is 5.69 Å². The SMILES string of the molecule is CCCCN(CCCC)c1cc(C(=O)O)cc(S(N)(=O)=O)c1OC. The van der Waals surface area contributed by atoms with Gasteiger partial charge in [-0.1, -0.05) is 26.7 Å². The van der Waals surface area contributed by atoms with Crippen LogP contribution in [0.15, 0.2) is 17.0 Å². The number of rotatable bonds is 10. The van der Waals surface area contributed by atoms with Crippen molar-refractivity contribution in [1.82, 2.24) is 0 Å². The fourth-order valence-corrected chi connectivity index (χ4v) is 3.15. The maximum Gasteiger partial charge on any atom is 0.335 e. The molecule has 0 saturated carbocycles. The van der Waals surface area contributed by atoms with Gasteiger partial charge in [0, 0.05) is 13.1 Å². The second-order valence-electron chi connectivity index (χ2n) is 5.57. The van der Waals surface area contributed by atoms with Crippen molar-refractivity contribution in [2.45, 2.75) is 44.4 Å². The summed E-state index contributed by atoms with van der Waals surface area (Å²) in [6.07, 6.45) is 3.72. The second kappa shape index (κ2) is 8.89. The number of anilines is 1. The summed E-state index contributed by atoms with van der Waals surface area (Å²) in [5.74, 6) is -1.12. The number of nitrogens with two attached hydrogens (primary N) is 1. The summed E-state index contributed by atoms with van der Waals surface area (Å²) in [4.78, 5) is 13.0. The lowest BCUT2D eigenvalue weighted by molar-refractivity contribution is 0.0696. The molecule has 0 unspecified atom stereocenters. The first-order valence-corrected chi connectivity index (χ1v) is 9.53. The Morgan fingerprint density at radius 3 is 2.12 bits per heavy atom.